The first kappa shape index (κ1) is 7.79. The summed E-state index contributed by atoms with van der Waals surface area (Å²) in [5, 5.41) is 9.11. The van der Waals surface area contributed by atoms with Crippen LogP contribution in [0.3, 0.4) is 0 Å². The van der Waals surface area contributed by atoms with Gasteiger partial charge in [0.2, 0.25) is 5.76 Å². The minimum absolute atomic E-state index is 0.232. The van der Waals surface area contributed by atoms with Crippen molar-refractivity contribution in [2.24, 2.45) is 0 Å². The SMILES string of the molecule is Cc1cc(C2=C(O)C(=O)O2)ccn1. The standard InChI is InChI=1S/C9H7NO3/c1-5-4-6(2-3-10-5)8-7(11)9(12)13-8/h2-4,11H,1H3. The van der Waals surface area contributed by atoms with Crippen molar-refractivity contribution >= 4 is 11.7 Å². The van der Waals surface area contributed by atoms with Crippen LogP contribution in [-0.2, 0) is 9.53 Å². The van der Waals surface area contributed by atoms with Crippen LogP contribution in [0.15, 0.2) is 24.1 Å². The quantitative estimate of drug-likeness (QED) is 0.654. The summed E-state index contributed by atoms with van der Waals surface area (Å²) in [6.07, 6.45) is 1.59. The van der Waals surface area contributed by atoms with Crippen LogP contribution >= 0.6 is 0 Å². The van der Waals surface area contributed by atoms with Crippen LogP contribution in [0, 0.1) is 6.92 Å². The first-order chi connectivity index (χ1) is 6.18. The molecule has 0 atom stereocenters. The molecule has 13 heavy (non-hydrogen) atoms. The zero-order chi connectivity index (χ0) is 9.42. The summed E-state index contributed by atoms with van der Waals surface area (Å²) >= 11 is 0. The molecule has 1 aromatic rings. The summed E-state index contributed by atoms with van der Waals surface area (Å²) in [5.74, 6) is -0.759. The van der Waals surface area contributed by atoms with E-state index in [4.69, 9.17) is 5.11 Å². The van der Waals surface area contributed by atoms with Crippen molar-refractivity contribution in [3.8, 4) is 0 Å². The van der Waals surface area contributed by atoms with E-state index in [2.05, 4.69) is 9.72 Å². The van der Waals surface area contributed by atoms with Gasteiger partial charge in [-0.25, -0.2) is 4.79 Å². The van der Waals surface area contributed by atoms with Gasteiger partial charge in [0.1, 0.15) is 0 Å². The minimum Gasteiger partial charge on any atom is -0.499 e. The Morgan fingerprint density at radius 2 is 2.31 bits per heavy atom. The maximum atomic E-state index is 10.6. The molecule has 0 saturated heterocycles. The van der Waals surface area contributed by atoms with Gasteiger partial charge in [0, 0.05) is 17.5 Å². The normalized spacial score (nSPS) is 15.3. The van der Waals surface area contributed by atoms with Crippen molar-refractivity contribution in [1.29, 1.82) is 0 Å². The molecular weight excluding hydrogens is 170 g/mol. The number of hydrogen-bond acceptors (Lipinski definition) is 4. The molecule has 1 aliphatic rings. The third kappa shape index (κ3) is 1.16. The number of esters is 1. The van der Waals surface area contributed by atoms with Crippen LogP contribution in [0.1, 0.15) is 11.3 Å². The number of aliphatic hydroxyl groups excluding tert-OH is 1. The number of hydrogen-bond donors (Lipinski definition) is 1. The summed E-state index contributed by atoms with van der Waals surface area (Å²) in [6.45, 7) is 1.82. The number of aliphatic hydroxyl groups is 1. The number of carbonyl (C=O) groups is 1. The largest absolute Gasteiger partial charge is 0.499 e. The monoisotopic (exact) mass is 177 g/mol. The van der Waals surface area contributed by atoms with Gasteiger partial charge in [0.25, 0.3) is 0 Å². The maximum absolute atomic E-state index is 10.6. The molecule has 0 unspecified atom stereocenters. The predicted molar refractivity (Wildman–Crippen MR) is 44.6 cm³/mol. The lowest BCUT2D eigenvalue weighted by molar-refractivity contribution is -0.140. The number of ether oxygens (including phenoxy) is 1. The lowest BCUT2D eigenvalue weighted by Crippen LogP contribution is -2.20. The van der Waals surface area contributed by atoms with Gasteiger partial charge in [-0.2, -0.15) is 0 Å². The molecule has 4 nitrogen and oxygen atoms in total. The highest BCUT2D eigenvalue weighted by atomic mass is 16.6. The Labute approximate surface area is 74.5 Å². The van der Waals surface area contributed by atoms with E-state index in [1.807, 2.05) is 6.92 Å². The lowest BCUT2D eigenvalue weighted by atomic mass is 10.1. The van der Waals surface area contributed by atoms with Crippen molar-refractivity contribution in [3.05, 3.63) is 35.3 Å². The highest BCUT2D eigenvalue weighted by Gasteiger charge is 2.30. The molecule has 2 heterocycles. The van der Waals surface area contributed by atoms with E-state index in [0.29, 0.717) is 5.56 Å². The van der Waals surface area contributed by atoms with E-state index in [0.717, 1.165) is 5.69 Å². The topological polar surface area (TPSA) is 59.4 Å². The van der Waals surface area contributed by atoms with Crippen molar-refractivity contribution in [2.75, 3.05) is 0 Å². The average molecular weight is 177 g/mol. The third-order valence-electron chi connectivity index (χ3n) is 1.76. The molecule has 0 aromatic carbocycles. The summed E-state index contributed by atoms with van der Waals surface area (Å²) in [5.41, 5.74) is 1.48. The van der Waals surface area contributed by atoms with Crippen molar-refractivity contribution in [3.63, 3.8) is 0 Å². The molecular formula is C9H7NO3. The summed E-state index contributed by atoms with van der Waals surface area (Å²) in [7, 11) is 0. The zero-order valence-corrected chi connectivity index (χ0v) is 6.94. The number of carbonyl (C=O) groups excluding carboxylic acids is 1. The third-order valence-corrected chi connectivity index (χ3v) is 1.76. The van der Waals surface area contributed by atoms with Crippen molar-refractivity contribution in [1.82, 2.24) is 4.98 Å². The van der Waals surface area contributed by atoms with E-state index < -0.39 is 5.97 Å². The van der Waals surface area contributed by atoms with E-state index >= 15 is 0 Å². The fourth-order valence-electron chi connectivity index (χ4n) is 1.12. The van der Waals surface area contributed by atoms with Gasteiger partial charge < -0.3 is 9.84 Å². The predicted octanol–water partition coefficient (Wildman–Crippen LogP) is 1.17. The van der Waals surface area contributed by atoms with Crippen LogP contribution < -0.4 is 0 Å². The summed E-state index contributed by atoms with van der Waals surface area (Å²) in [4.78, 5) is 14.5. The van der Waals surface area contributed by atoms with E-state index in [-0.39, 0.29) is 11.5 Å². The van der Waals surface area contributed by atoms with Crippen LogP contribution in [0.25, 0.3) is 5.76 Å². The first-order valence-electron chi connectivity index (χ1n) is 3.77. The van der Waals surface area contributed by atoms with Crippen LogP contribution in [0.5, 0.6) is 0 Å². The zero-order valence-electron chi connectivity index (χ0n) is 6.94. The first-order valence-corrected chi connectivity index (χ1v) is 3.77. The number of nitrogens with zero attached hydrogens (tertiary/aromatic N) is 1. The highest BCUT2D eigenvalue weighted by molar-refractivity contribution is 6.04. The van der Waals surface area contributed by atoms with Gasteiger partial charge in [-0.3, -0.25) is 4.98 Å². The molecule has 66 valence electrons. The molecule has 0 saturated carbocycles. The number of pyridine rings is 1. The Morgan fingerprint density at radius 3 is 2.85 bits per heavy atom. The molecule has 1 N–H and O–H groups in total. The maximum Gasteiger partial charge on any atom is 0.382 e. The van der Waals surface area contributed by atoms with Gasteiger partial charge in [-0.15, -0.1) is 0 Å². The smallest absolute Gasteiger partial charge is 0.382 e. The molecule has 0 bridgehead atoms. The fourth-order valence-corrected chi connectivity index (χ4v) is 1.12. The molecule has 0 fully saturated rings. The molecule has 2 rings (SSSR count). The van der Waals surface area contributed by atoms with Crippen LogP contribution in [-0.4, -0.2) is 16.1 Å². The molecule has 1 aromatic heterocycles. The Hall–Kier alpha value is -1.84. The number of aromatic nitrogens is 1. The van der Waals surface area contributed by atoms with E-state index in [1.54, 1.807) is 18.3 Å². The minimum atomic E-state index is -0.676. The lowest BCUT2D eigenvalue weighted by Gasteiger charge is -2.17. The van der Waals surface area contributed by atoms with Crippen LogP contribution in [0.4, 0.5) is 0 Å². The van der Waals surface area contributed by atoms with E-state index in [9.17, 15) is 4.79 Å². The Kier molecular flexibility index (Phi) is 1.55. The van der Waals surface area contributed by atoms with Gasteiger partial charge in [0.05, 0.1) is 0 Å². The Balaban J connectivity index is 2.43. The highest BCUT2D eigenvalue weighted by Crippen LogP contribution is 2.28. The molecule has 1 aliphatic heterocycles. The molecule has 0 amide bonds. The van der Waals surface area contributed by atoms with Crippen molar-refractivity contribution < 1.29 is 14.6 Å². The average Bonchev–Trinajstić information content (AvgIpc) is 2.13. The van der Waals surface area contributed by atoms with Gasteiger partial charge in [-0.1, -0.05) is 0 Å². The fraction of sp³-hybridized carbons (Fsp3) is 0.111. The summed E-state index contributed by atoms with van der Waals surface area (Å²) < 4.78 is 4.66. The van der Waals surface area contributed by atoms with Gasteiger partial charge in [0.15, 0.2) is 5.76 Å². The molecule has 0 radical (unpaired) electrons. The molecule has 0 spiro atoms. The van der Waals surface area contributed by atoms with Gasteiger partial charge in [-0.05, 0) is 19.1 Å². The second kappa shape index (κ2) is 2.58. The number of cyclic esters (lactones) is 1. The number of rotatable bonds is 1. The van der Waals surface area contributed by atoms with Gasteiger partial charge >= 0.3 is 5.97 Å². The second-order valence-corrected chi connectivity index (χ2v) is 2.75. The van der Waals surface area contributed by atoms with Crippen LogP contribution in [0.2, 0.25) is 0 Å². The summed E-state index contributed by atoms with van der Waals surface area (Å²) in [6, 6.07) is 3.41. The number of aryl methyl sites for hydroxylation is 1. The van der Waals surface area contributed by atoms with Crippen molar-refractivity contribution in [2.45, 2.75) is 6.92 Å². The van der Waals surface area contributed by atoms with E-state index in [1.165, 1.54) is 0 Å². The Morgan fingerprint density at radius 1 is 1.54 bits per heavy atom. The second-order valence-electron chi connectivity index (χ2n) is 2.75. The Bertz CT molecular complexity index is 409. The molecule has 0 aliphatic carbocycles. The molecule has 4 heteroatoms.